The maximum absolute atomic E-state index is 13.7. The Morgan fingerprint density at radius 1 is 1.36 bits per heavy atom. The van der Waals surface area contributed by atoms with Crippen LogP contribution in [0.15, 0.2) is 18.2 Å². The van der Waals surface area contributed by atoms with Crippen molar-refractivity contribution < 1.29 is 23.8 Å². The third-order valence-corrected chi connectivity index (χ3v) is 4.23. The Bertz CT molecular complexity index is 560. The number of benzene rings is 1. The molecule has 1 aromatic carbocycles. The van der Waals surface area contributed by atoms with Crippen molar-refractivity contribution in [2.24, 2.45) is 11.3 Å². The van der Waals surface area contributed by atoms with Gasteiger partial charge in [0, 0.05) is 31.0 Å². The highest BCUT2D eigenvalue weighted by Crippen LogP contribution is 2.49. The lowest BCUT2D eigenvalue weighted by Crippen LogP contribution is -2.42. The molecule has 6 heteroatoms. The van der Waals surface area contributed by atoms with E-state index in [1.807, 2.05) is 0 Å². The lowest BCUT2D eigenvalue weighted by molar-refractivity contribution is -0.133. The molecule has 1 fully saturated rings. The van der Waals surface area contributed by atoms with Crippen LogP contribution in [0.1, 0.15) is 24.8 Å². The van der Waals surface area contributed by atoms with Crippen LogP contribution in [0.25, 0.3) is 0 Å². The minimum Gasteiger partial charge on any atom is -0.396 e. The molecule has 4 nitrogen and oxygen atoms in total. The molecule has 1 aromatic rings. The molecule has 0 heterocycles. The van der Waals surface area contributed by atoms with Gasteiger partial charge in [-0.25, -0.2) is 8.78 Å². The molecule has 0 spiro atoms. The Balaban J connectivity index is 2.01. The van der Waals surface area contributed by atoms with Crippen LogP contribution in [0.5, 0.6) is 0 Å². The molecule has 0 radical (unpaired) electrons. The quantitative estimate of drug-likeness (QED) is 0.837. The zero-order valence-electron chi connectivity index (χ0n) is 12.7. The third-order valence-electron chi connectivity index (χ3n) is 4.23. The Morgan fingerprint density at radius 2 is 2.00 bits per heavy atom. The van der Waals surface area contributed by atoms with Gasteiger partial charge < -0.3 is 15.1 Å². The monoisotopic (exact) mass is 313 g/mol. The number of amides is 1. The Morgan fingerprint density at radius 3 is 2.55 bits per heavy atom. The number of carbonyl (C=O) groups is 1. The molecule has 1 aliphatic carbocycles. The van der Waals surface area contributed by atoms with Crippen molar-refractivity contribution in [1.82, 2.24) is 4.90 Å². The SMILES string of the molecule is CN(CC(C)(CO)CO)C(=O)C1CC1c1ccc(F)cc1F. The van der Waals surface area contributed by atoms with Crippen LogP contribution in [0.3, 0.4) is 0 Å². The van der Waals surface area contributed by atoms with Gasteiger partial charge in [-0.05, 0) is 24.0 Å². The molecule has 1 saturated carbocycles. The lowest BCUT2D eigenvalue weighted by atomic mass is 9.92. The minimum atomic E-state index is -0.768. The molecule has 2 unspecified atom stereocenters. The van der Waals surface area contributed by atoms with Crippen molar-refractivity contribution in [3.8, 4) is 0 Å². The lowest BCUT2D eigenvalue weighted by Gasteiger charge is -2.30. The van der Waals surface area contributed by atoms with E-state index in [1.54, 1.807) is 14.0 Å². The van der Waals surface area contributed by atoms with Gasteiger partial charge in [-0.15, -0.1) is 0 Å². The Hall–Kier alpha value is -1.53. The third kappa shape index (κ3) is 3.44. The molecule has 0 aliphatic heterocycles. The first kappa shape index (κ1) is 16.8. The predicted molar refractivity (Wildman–Crippen MR) is 77.1 cm³/mol. The summed E-state index contributed by atoms with van der Waals surface area (Å²) in [4.78, 5) is 13.8. The van der Waals surface area contributed by atoms with E-state index in [1.165, 1.54) is 17.0 Å². The first-order chi connectivity index (χ1) is 10.3. The molecule has 0 saturated heterocycles. The second kappa shape index (κ2) is 6.30. The average molecular weight is 313 g/mol. The van der Waals surface area contributed by atoms with Gasteiger partial charge in [-0.2, -0.15) is 0 Å². The molecular weight excluding hydrogens is 292 g/mol. The van der Waals surface area contributed by atoms with Crippen LogP contribution >= 0.6 is 0 Å². The number of aliphatic hydroxyl groups excluding tert-OH is 2. The molecule has 0 bridgehead atoms. The van der Waals surface area contributed by atoms with Crippen molar-refractivity contribution >= 4 is 5.91 Å². The fourth-order valence-electron chi connectivity index (χ4n) is 2.70. The number of halogens is 2. The van der Waals surface area contributed by atoms with Gasteiger partial charge in [-0.3, -0.25) is 4.79 Å². The van der Waals surface area contributed by atoms with Gasteiger partial charge in [0.1, 0.15) is 11.6 Å². The van der Waals surface area contributed by atoms with E-state index in [2.05, 4.69) is 0 Å². The second-order valence-corrected chi connectivity index (χ2v) is 6.44. The van der Waals surface area contributed by atoms with Crippen LogP contribution < -0.4 is 0 Å². The summed E-state index contributed by atoms with van der Waals surface area (Å²) in [6, 6.07) is 3.40. The van der Waals surface area contributed by atoms with Crippen LogP contribution in [0, 0.1) is 23.0 Å². The van der Waals surface area contributed by atoms with Gasteiger partial charge in [0.05, 0.1) is 13.2 Å². The Kier molecular flexibility index (Phi) is 4.82. The highest BCUT2D eigenvalue weighted by Gasteiger charge is 2.47. The molecule has 2 atom stereocenters. The molecule has 1 aliphatic rings. The number of aliphatic hydroxyl groups is 2. The van der Waals surface area contributed by atoms with Gasteiger partial charge in [0.15, 0.2) is 0 Å². The van der Waals surface area contributed by atoms with Crippen molar-refractivity contribution in [1.29, 1.82) is 0 Å². The largest absolute Gasteiger partial charge is 0.396 e. The van der Waals surface area contributed by atoms with Crippen LogP contribution in [0.4, 0.5) is 8.78 Å². The second-order valence-electron chi connectivity index (χ2n) is 6.44. The molecule has 122 valence electrons. The zero-order chi connectivity index (χ0) is 16.5. The summed E-state index contributed by atoms with van der Waals surface area (Å²) in [6.45, 7) is 1.43. The van der Waals surface area contributed by atoms with Crippen molar-refractivity contribution in [3.05, 3.63) is 35.4 Å². The smallest absolute Gasteiger partial charge is 0.226 e. The maximum atomic E-state index is 13.7. The normalized spacial score (nSPS) is 20.8. The maximum Gasteiger partial charge on any atom is 0.226 e. The first-order valence-electron chi connectivity index (χ1n) is 7.23. The van der Waals surface area contributed by atoms with Gasteiger partial charge in [0.25, 0.3) is 0 Å². The number of rotatable bonds is 6. The molecule has 2 N–H and O–H groups in total. The van der Waals surface area contributed by atoms with E-state index < -0.39 is 17.0 Å². The zero-order valence-corrected chi connectivity index (χ0v) is 12.7. The van der Waals surface area contributed by atoms with E-state index in [4.69, 9.17) is 0 Å². The van der Waals surface area contributed by atoms with Crippen molar-refractivity contribution in [2.45, 2.75) is 19.3 Å². The highest BCUT2D eigenvalue weighted by molar-refractivity contribution is 5.82. The number of hydrogen-bond donors (Lipinski definition) is 2. The van der Waals surface area contributed by atoms with Crippen LogP contribution in [-0.2, 0) is 4.79 Å². The summed E-state index contributed by atoms with van der Waals surface area (Å²) in [7, 11) is 1.60. The summed E-state index contributed by atoms with van der Waals surface area (Å²) in [5.74, 6) is -1.97. The fraction of sp³-hybridized carbons (Fsp3) is 0.562. The number of nitrogens with zero attached hydrogens (tertiary/aromatic N) is 1. The van der Waals surface area contributed by atoms with E-state index in [0.29, 0.717) is 12.0 Å². The van der Waals surface area contributed by atoms with E-state index in [-0.39, 0.29) is 37.5 Å². The molecule has 22 heavy (non-hydrogen) atoms. The summed E-state index contributed by atoms with van der Waals surface area (Å²) in [5, 5.41) is 18.6. The number of carbonyl (C=O) groups excluding carboxylic acids is 1. The topological polar surface area (TPSA) is 60.8 Å². The van der Waals surface area contributed by atoms with Crippen LogP contribution in [-0.4, -0.2) is 47.8 Å². The summed E-state index contributed by atoms with van der Waals surface area (Å²) >= 11 is 0. The summed E-state index contributed by atoms with van der Waals surface area (Å²) in [5.41, 5.74) is -0.407. The Labute approximate surface area is 128 Å². The van der Waals surface area contributed by atoms with Gasteiger partial charge in [0.2, 0.25) is 5.91 Å². The van der Waals surface area contributed by atoms with Crippen molar-refractivity contribution in [3.63, 3.8) is 0 Å². The molecule has 0 aromatic heterocycles. The van der Waals surface area contributed by atoms with E-state index >= 15 is 0 Å². The van der Waals surface area contributed by atoms with E-state index in [9.17, 15) is 23.8 Å². The average Bonchev–Trinajstić information content (AvgIpc) is 3.26. The molecule has 1 amide bonds. The molecule has 2 rings (SSSR count). The van der Waals surface area contributed by atoms with Gasteiger partial charge in [-0.1, -0.05) is 13.0 Å². The summed E-state index contributed by atoms with van der Waals surface area (Å²) < 4.78 is 26.6. The minimum absolute atomic E-state index is 0.151. The predicted octanol–water partition coefficient (Wildman–Crippen LogP) is 1.52. The van der Waals surface area contributed by atoms with Crippen molar-refractivity contribution in [2.75, 3.05) is 26.8 Å². The van der Waals surface area contributed by atoms with Gasteiger partial charge >= 0.3 is 0 Å². The standard InChI is InChI=1S/C16H21F2NO3/c1-16(8-20,9-21)7-19(2)15(22)13-6-12(13)11-4-3-10(17)5-14(11)18/h3-5,12-13,20-21H,6-9H2,1-2H3. The summed E-state index contributed by atoms with van der Waals surface area (Å²) in [6.07, 6.45) is 0.528. The fourth-order valence-corrected chi connectivity index (χ4v) is 2.70. The van der Waals surface area contributed by atoms with Crippen LogP contribution in [0.2, 0.25) is 0 Å². The highest BCUT2D eigenvalue weighted by atomic mass is 19.1. The number of hydrogen-bond acceptors (Lipinski definition) is 3. The first-order valence-corrected chi connectivity index (χ1v) is 7.23. The van der Waals surface area contributed by atoms with E-state index in [0.717, 1.165) is 6.07 Å². The molecular formula is C16H21F2NO3.